The third kappa shape index (κ3) is 20.2. The summed E-state index contributed by atoms with van der Waals surface area (Å²) in [4.78, 5) is 91.3. The predicted molar refractivity (Wildman–Crippen MR) is 287 cm³/mol. The van der Waals surface area contributed by atoms with Gasteiger partial charge in [0.25, 0.3) is 0 Å². The highest BCUT2D eigenvalue weighted by Gasteiger charge is 2.42. The topological polar surface area (TPSA) is 301 Å². The van der Waals surface area contributed by atoms with Gasteiger partial charge in [0.05, 0.1) is 76.8 Å². The average Bonchev–Trinajstić information content (AvgIpc) is 4.12. The molecule has 22 nitrogen and oxygen atoms in total. The minimum Gasteiger partial charge on any atom is -0.471 e. The molecule has 6 rings (SSSR count). The number of thioether (sulfide) groups is 1. The maximum atomic E-state index is 13.4. The quantitative estimate of drug-likeness (QED) is 0.0176. The van der Waals surface area contributed by atoms with Crippen molar-refractivity contribution in [1.29, 1.82) is 0 Å². The first-order valence-corrected chi connectivity index (χ1v) is 27.8. The van der Waals surface area contributed by atoms with Gasteiger partial charge in [0.15, 0.2) is 22.7 Å². The lowest BCUT2D eigenvalue weighted by Crippen LogP contribution is -2.47. The number of rotatable bonds is 36. The van der Waals surface area contributed by atoms with Crippen LogP contribution in [0.1, 0.15) is 115 Å². The number of unbranched alkanes of at least 4 members (excludes halogenated alkanes) is 4. The molecule has 1 aliphatic carbocycles. The number of hydrogen-bond donors (Lipinski definition) is 8. The molecule has 23 heteroatoms. The number of imidazole rings is 1. The van der Waals surface area contributed by atoms with Gasteiger partial charge in [0.2, 0.25) is 29.5 Å². The highest BCUT2D eigenvalue weighted by atomic mass is 32.2. The fourth-order valence-electron chi connectivity index (χ4n) is 9.26. The van der Waals surface area contributed by atoms with Crippen LogP contribution in [-0.4, -0.2) is 150 Å². The van der Waals surface area contributed by atoms with Crippen molar-refractivity contribution >= 4 is 64.2 Å². The van der Waals surface area contributed by atoms with E-state index in [4.69, 9.17) is 29.4 Å². The van der Waals surface area contributed by atoms with Crippen LogP contribution >= 0.6 is 11.8 Å². The molecule has 1 saturated carbocycles. The summed E-state index contributed by atoms with van der Waals surface area (Å²) < 4.78 is 28.5. The van der Waals surface area contributed by atoms with Gasteiger partial charge in [-0.3, -0.25) is 24.0 Å². The zero-order chi connectivity index (χ0) is 54.1. The number of amides is 5. The van der Waals surface area contributed by atoms with Crippen LogP contribution in [0.3, 0.4) is 0 Å². The molecule has 0 radical (unpaired) electrons. The second-order valence-electron chi connectivity index (χ2n) is 20.2. The van der Waals surface area contributed by atoms with Gasteiger partial charge in [-0.05, 0) is 68.4 Å². The van der Waals surface area contributed by atoms with Crippen LogP contribution in [0.2, 0.25) is 0 Å². The number of ether oxygens (including phenoxy) is 5. The van der Waals surface area contributed by atoms with Crippen molar-refractivity contribution < 1.29 is 52.5 Å². The number of ketones is 2. The molecule has 3 aromatic rings. The monoisotopic (exact) mass is 1080 g/mol. The molecule has 4 atom stereocenters. The number of aromatic amines is 1. The molecule has 3 aliphatic rings. The number of Topliss-reactive ketones (excluding diaryl/α,β-unsaturated/α-hetero) is 2. The Balaban J connectivity index is 0.787. The van der Waals surface area contributed by atoms with Gasteiger partial charge >= 0.3 is 6.03 Å². The van der Waals surface area contributed by atoms with Crippen molar-refractivity contribution in [2.45, 2.75) is 141 Å². The van der Waals surface area contributed by atoms with Gasteiger partial charge in [-0.2, -0.15) is 21.7 Å². The molecule has 1 aromatic carbocycles. The van der Waals surface area contributed by atoms with E-state index in [1.165, 1.54) is 6.33 Å². The van der Waals surface area contributed by atoms with E-state index in [2.05, 4.69) is 51.8 Å². The van der Waals surface area contributed by atoms with Crippen molar-refractivity contribution in [3.63, 3.8) is 0 Å². The first-order chi connectivity index (χ1) is 36.7. The zero-order valence-corrected chi connectivity index (χ0v) is 45.2. The molecule has 5 amide bonds. The number of nitrogens with two attached hydrogens (primary N) is 1. The average molecular weight is 1080 g/mol. The molecule has 418 valence electrons. The summed E-state index contributed by atoms with van der Waals surface area (Å²) in [7, 11) is 0. The minimum absolute atomic E-state index is 0.0184. The van der Waals surface area contributed by atoms with E-state index in [0.717, 1.165) is 49.0 Å². The minimum atomic E-state index is -0.753. The number of carbonyl (C=O) groups excluding carboxylic acids is 6. The van der Waals surface area contributed by atoms with Crippen LogP contribution in [0.4, 0.5) is 10.7 Å². The lowest BCUT2D eigenvalue weighted by Gasteiger charge is -2.29. The number of urea groups is 1. The SMILES string of the molecule is CC(NCCCCC(NC(=O)CCCCCNC(=O)CCCC[C@H]1SC[C@H]2NC(=O)N[C@H]21)C(=O)NCCOCCOCCOCCOCc1ccc(COc2nc(N)nc3[nH]cnc23)cc1)=C1C(=O)CC(C)(C)CC1=O. The van der Waals surface area contributed by atoms with E-state index in [9.17, 15) is 28.8 Å². The summed E-state index contributed by atoms with van der Waals surface area (Å²) in [6.45, 7) is 10.2. The van der Waals surface area contributed by atoms with Crippen molar-refractivity contribution in [2.75, 3.05) is 77.4 Å². The molecule has 1 unspecified atom stereocenters. The fourth-order valence-corrected chi connectivity index (χ4v) is 10.8. The highest BCUT2D eigenvalue weighted by molar-refractivity contribution is 8.00. The zero-order valence-electron chi connectivity index (χ0n) is 44.4. The van der Waals surface area contributed by atoms with Gasteiger partial charge in [-0.25, -0.2) is 9.78 Å². The Kier molecular flexibility index (Phi) is 24.5. The van der Waals surface area contributed by atoms with Gasteiger partial charge in [0, 0.05) is 62.0 Å². The van der Waals surface area contributed by atoms with Crippen LogP contribution < -0.4 is 42.4 Å². The Morgan fingerprint density at radius 2 is 1.39 bits per heavy atom. The summed E-state index contributed by atoms with van der Waals surface area (Å²) in [5, 5.41) is 18.4. The number of allylic oxidation sites excluding steroid dienone is 2. The van der Waals surface area contributed by atoms with Crippen LogP contribution in [-0.2, 0) is 56.1 Å². The predicted octanol–water partition coefficient (Wildman–Crippen LogP) is 4.08. The molecular formula is C53H79N11O11S. The third-order valence-electron chi connectivity index (χ3n) is 13.2. The number of H-pyrrole nitrogens is 1. The molecular weight excluding hydrogens is 999 g/mol. The molecule has 2 aliphatic heterocycles. The number of aromatic nitrogens is 4. The number of nitrogens with one attached hydrogen (secondary N) is 7. The molecule has 4 heterocycles. The maximum Gasteiger partial charge on any atom is 0.315 e. The van der Waals surface area contributed by atoms with Gasteiger partial charge in [-0.1, -0.05) is 51.0 Å². The largest absolute Gasteiger partial charge is 0.471 e. The third-order valence-corrected chi connectivity index (χ3v) is 14.8. The molecule has 0 bridgehead atoms. The lowest BCUT2D eigenvalue weighted by molar-refractivity contribution is -0.129. The van der Waals surface area contributed by atoms with E-state index in [1.54, 1.807) is 6.92 Å². The Hall–Kier alpha value is -5.88. The fraction of sp³-hybridized carbons (Fsp3) is 0.642. The van der Waals surface area contributed by atoms with Gasteiger partial charge < -0.3 is 66.3 Å². The molecule has 2 aromatic heterocycles. The Morgan fingerprint density at radius 3 is 2.13 bits per heavy atom. The van der Waals surface area contributed by atoms with Crippen molar-refractivity contribution in [3.8, 4) is 5.88 Å². The Morgan fingerprint density at radius 1 is 0.750 bits per heavy atom. The summed E-state index contributed by atoms with van der Waals surface area (Å²) >= 11 is 1.88. The molecule has 3 fully saturated rings. The molecule has 2 saturated heterocycles. The van der Waals surface area contributed by atoms with Crippen LogP contribution in [0.25, 0.3) is 11.2 Å². The first kappa shape index (κ1) is 59.4. The number of benzene rings is 1. The highest BCUT2D eigenvalue weighted by Crippen LogP contribution is 2.35. The first-order valence-electron chi connectivity index (χ1n) is 26.8. The lowest BCUT2D eigenvalue weighted by atomic mass is 9.73. The number of nitrogens with zero attached hydrogens (tertiary/aromatic N) is 3. The molecule has 9 N–H and O–H groups in total. The second kappa shape index (κ2) is 31.4. The van der Waals surface area contributed by atoms with Crippen molar-refractivity contribution in [2.24, 2.45) is 5.41 Å². The smallest absolute Gasteiger partial charge is 0.315 e. The van der Waals surface area contributed by atoms with E-state index < -0.39 is 6.04 Å². The Bertz CT molecular complexity index is 2380. The molecule has 0 spiro atoms. The van der Waals surface area contributed by atoms with Gasteiger partial charge in [0.1, 0.15) is 12.6 Å². The Labute approximate surface area is 449 Å². The van der Waals surface area contributed by atoms with E-state index in [-0.39, 0.29) is 83.9 Å². The standard InChI is InChI=1S/C53H79N11O11S/c1-35(45-40(65)29-53(2,3)30-41(45)66)55-19-10-8-11-38(60-44(68)14-5-4-9-20-56-43(67)13-7-6-12-42-46-39(33-76-42)61-52(70)62-46)49(69)57-21-22-71-23-24-72-25-26-73-27-28-74-31-36-15-17-37(18-16-36)32-75-50-47-48(59-34-58-47)63-51(54)64-50/h15-18,34,38-39,42,46,55H,4-14,19-33H2,1-3H3,(H,56,67)(H,57,69)(H,60,68)(H2,61,62,70)(H3,54,58,59,63,64)/t38?,39-,42-,46-/m1/s1. The number of nitrogen functional groups attached to an aromatic ring is 1. The van der Waals surface area contributed by atoms with Gasteiger partial charge in [-0.15, -0.1) is 0 Å². The van der Waals surface area contributed by atoms with Crippen LogP contribution in [0.5, 0.6) is 5.88 Å². The van der Waals surface area contributed by atoms with E-state index >= 15 is 0 Å². The van der Waals surface area contributed by atoms with Crippen molar-refractivity contribution in [3.05, 3.63) is 53.0 Å². The van der Waals surface area contributed by atoms with E-state index in [1.807, 2.05) is 49.9 Å². The van der Waals surface area contributed by atoms with Crippen LogP contribution in [0.15, 0.2) is 41.9 Å². The van der Waals surface area contributed by atoms with Crippen LogP contribution in [0, 0.1) is 5.41 Å². The summed E-state index contributed by atoms with van der Waals surface area (Å²) in [6.07, 6.45) is 9.32. The summed E-state index contributed by atoms with van der Waals surface area (Å²) in [5.41, 5.74) is 9.25. The number of carbonyl (C=O) groups is 6. The number of anilines is 1. The second-order valence-corrected chi connectivity index (χ2v) is 21.5. The van der Waals surface area contributed by atoms with Crippen molar-refractivity contribution in [1.82, 2.24) is 51.8 Å². The normalized spacial score (nSPS) is 18.2. The molecule has 76 heavy (non-hydrogen) atoms. The van der Waals surface area contributed by atoms with E-state index in [0.29, 0.717) is 139 Å². The summed E-state index contributed by atoms with van der Waals surface area (Å²) in [6, 6.07) is 7.40. The maximum absolute atomic E-state index is 13.4. The number of fused-ring (bicyclic) bond motifs is 2. The number of hydrogen-bond acceptors (Lipinski definition) is 17. The summed E-state index contributed by atoms with van der Waals surface area (Å²) in [5.74, 6) is 0.556.